The maximum Gasteiger partial charge on any atom is 0.416 e. The molecule has 6 nitrogen and oxygen atoms in total. The predicted molar refractivity (Wildman–Crippen MR) is 72.3 cm³/mol. The van der Waals surface area contributed by atoms with E-state index in [1.165, 1.54) is 0 Å². The highest BCUT2D eigenvalue weighted by Gasteiger charge is 2.32. The van der Waals surface area contributed by atoms with Crippen LogP contribution in [0.1, 0.15) is 18.4 Å². The second-order valence-electron chi connectivity index (χ2n) is 5.04. The van der Waals surface area contributed by atoms with E-state index in [9.17, 15) is 26.4 Å². The van der Waals surface area contributed by atoms with E-state index in [1.807, 2.05) is 0 Å². The largest absolute Gasteiger partial charge is 0.465 e. The van der Waals surface area contributed by atoms with Crippen LogP contribution in [0, 0.1) is 0 Å². The summed E-state index contributed by atoms with van der Waals surface area (Å²) in [5, 5.41) is 8.80. The van der Waals surface area contributed by atoms with Crippen molar-refractivity contribution >= 4 is 16.2 Å². The highest BCUT2D eigenvalue weighted by Crippen LogP contribution is 2.30. The summed E-state index contributed by atoms with van der Waals surface area (Å²) in [5.74, 6) is 0. The second kappa shape index (κ2) is 6.36. The van der Waals surface area contributed by atoms with Crippen LogP contribution < -0.4 is 0 Å². The van der Waals surface area contributed by atoms with E-state index in [0.717, 1.165) is 17.0 Å². The van der Waals surface area contributed by atoms with E-state index in [2.05, 4.69) is 0 Å². The van der Waals surface area contributed by atoms with E-state index < -0.39 is 34.1 Å². The molecule has 128 valence electrons. The highest BCUT2D eigenvalue weighted by molar-refractivity contribution is 7.86. The Morgan fingerprint density at radius 3 is 2.13 bits per heavy atom. The first-order valence-corrected chi connectivity index (χ1v) is 8.09. The number of alkyl halides is 3. The number of carboxylic acid groups (broad SMARTS) is 1. The number of carbonyl (C=O) groups is 1. The molecule has 1 aliphatic heterocycles. The fraction of sp³-hybridized carbons (Fsp3) is 0.462. The van der Waals surface area contributed by atoms with Crippen LogP contribution in [0.5, 0.6) is 0 Å². The van der Waals surface area contributed by atoms with E-state index in [-0.39, 0.29) is 30.8 Å². The zero-order chi connectivity index (χ0) is 17.3. The van der Waals surface area contributed by atoms with Crippen LogP contribution in [0.25, 0.3) is 0 Å². The molecule has 1 fully saturated rings. The van der Waals surface area contributed by atoms with Gasteiger partial charge in [-0.25, -0.2) is 4.79 Å². The average Bonchev–Trinajstić information content (AvgIpc) is 2.46. The first kappa shape index (κ1) is 17.5. The molecule has 1 amide bonds. The quantitative estimate of drug-likeness (QED) is 0.845. The van der Waals surface area contributed by atoms with Crippen LogP contribution >= 0.6 is 0 Å². The van der Waals surface area contributed by atoms with Gasteiger partial charge in [0.2, 0.25) is 0 Å². The Morgan fingerprint density at radius 2 is 1.70 bits per heavy atom. The lowest BCUT2D eigenvalue weighted by Gasteiger charge is -2.29. The van der Waals surface area contributed by atoms with E-state index in [4.69, 9.17) is 9.29 Å². The first-order valence-electron chi connectivity index (χ1n) is 6.68. The monoisotopic (exact) mass is 353 g/mol. The standard InChI is InChI=1S/C13H14F3NO5S/c14-13(15,16)9-1-3-11(4-2-9)23(20,21)22-10-5-7-17(8-6-10)12(18)19/h1-4,10H,5-8H2,(H,18,19). The zero-order valence-electron chi connectivity index (χ0n) is 11.8. The van der Waals surface area contributed by atoms with Crippen LogP contribution in [0.15, 0.2) is 29.2 Å². The molecule has 0 saturated carbocycles. The Bertz CT molecular complexity index is 664. The number of likely N-dealkylation sites (tertiary alicyclic amines) is 1. The van der Waals surface area contributed by atoms with Crippen LogP contribution in [-0.4, -0.2) is 43.7 Å². The molecule has 2 rings (SSSR count). The second-order valence-corrected chi connectivity index (χ2v) is 6.61. The number of nitrogens with zero attached hydrogens (tertiary/aromatic N) is 1. The average molecular weight is 353 g/mol. The molecule has 0 spiro atoms. The van der Waals surface area contributed by atoms with Gasteiger partial charge in [-0.2, -0.15) is 21.6 Å². The van der Waals surface area contributed by atoms with Crippen molar-refractivity contribution in [3.8, 4) is 0 Å². The lowest BCUT2D eigenvalue weighted by atomic mass is 10.1. The van der Waals surface area contributed by atoms with Gasteiger partial charge in [-0.1, -0.05) is 0 Å². The van der Waals surface area contributed by atoms with E-state index in [0.29, 0.717) is 12.1 Å². The zero-order valence-corrected chi connectivity index (χ0v) is 12.6. The van der Waals surface area contributed by atoms with Gasteiger partial charge < -0.3 is 10.0 Å². The molecule has 0 bridgehead atoms. The third-order valence-corrected chi connectivity index (χ3v) is 4.82. The van der Waals surface area contributed by atoms with Crippen LogP contribution in [-0.2, 0) is 20.5 Å². The molecule has 1 heterocycles. The number of amides is 1. The van der Waals surface area contributed by atoms with E-state index >= 15 is 0 Å². The van der Waals surface area contributed by atoms with Crippen molar-refractivity contribution in [2.45, 2.75) is 30.0 Å². The van der Waals surface area contributed by atoms with Gasteiger partial charge >= 0.3 is 12.3 Å². The summed E-state index contributed by atoms with van der Waals surface area (Å²) >= 11 is 0. The molecule has 0 aromatic heterocycles. The summed E-state index contributed by atoms with van der Waals surface area (Å²) in [7, 11) is -4.19. The van der Waals surface area contributed by atoms with Gasteiger partial charge in [-0.05, 0) is 37.1 Å². The summed E-state index contributed by atoms with van der Waals surface area (Å²) in [6.45, 7) is 0.283. The minimum absolute atomic E-state index is 0.141. The van der Waals surface area contributed by atoms with Crippen LogP contribution in [0.3, 0.4) is 0 Å². The first-order chi connectivity index (χ1) is 10.6. The van der Waals surface area contributed by atoms with Gasteiger partial charge in [0.25, 0.3) is 10.1 Å². The molecule has 0 atom stereocenters. The molecule has 1 saturated heterocycles. The smallest absolute Gasteiger partial charge is 0.416 e. The number of hydrogen-bond acceptors (Lipinski definition) is 4. The number of benzene rings is 1. The van der Waals surface area contributed by atoms with Crippen LogP contribution in [0.4, 0.5) is 18.0 Å². The lowest BCUT2D eigenvalue weighted by molar-refractivity contribution is -0.137. The van der Waals surface area contributed by atoms with Gasteiger partial charge in [0.05, 0.1) is 16.6 Å². The summed E-state index contributed by atoms with van der Waals surface area (Å²) in [4.78, 5) is 11.5. The molecule has 1 N–H and O–H groups in total. The fourth-order valence-electron chi connectivity index (χ4n) is 2.19. The van der Waals surface area contributed by atoms with Crippen molar-refractivity contribution < 1.29 is 35.7 Å². The number of hydrogen-bond donors (Lipinski definition) is 1. The third kappa shape index (κ3) is 4.35. The maximum atomic E-state index is 12.5. The van der Waals surface area contributed by atoms with Gasteiger partial charge in [0, 0.05) is 13.1 Å². The fourth-order valence-corrected chi connectivity index (χ4v) is 3.32. The molecule has 0 unspecified atom stereocenters. The number of halogens is 3. The normalized spacial score (nSPS) is 17.3. The maximum absolute atomic E-state index is 12.5. The summed E-state index contributed by atoms with van der Waals surface area (Å²) in [6, 6.07) is 3.02. The summed E-state index contributed by atoms with van der Waals surface area (Å²) < 4.78 is 66.4. The van der Waals surface area contributed by atoms with Gasteiger partial charge in [0.15, 0.2) is 0 Å². The molecule has 23 heavy (non-hydrogen) atoms. The summed E-state index contributed by atoms with van der Waals surface area (Å²) in [5.41, 5.74) is -0.953. The van der Waals surface area contributed by atoms with Gasteiger partial charge in [0.1, 0.15) is 0 Å². The number of piperidine rings is 1. The molecule has 1 aliphatic rings. The van der Waals surface area contributed by atoms with Crippen molar-refractivity contribution in [1.29, 1.82) is 0 Å². The van der Waals surface area contributed by atoms with Crippen LogP contribution in [0.2, 0.25) is 0 Å². The Balaban J connectivity index is 2.04. The van der Waals surface area contributed by atoms with Crippen molar-refractivity contribution in [2.75, 3.05) is 13.1 Å². The Hall–Kier alpha value is -1.81. The van der Waals surface area contributed by atoms with E-state index in [1.54, 1.807) is 0 Å². The molecule has 1 aromatic rings. The SMILES string of the molecule is O=C(O)N1CCC(OS(=O)(=O)c2ccc(C(F)(F)F)cc2)CC1. The number of rotatable bonds is 3. The van der Waals surface area contributed by atoms with Crippen molar-refractivity contribution in [1.82, 2.24) is 4.90 Å². The van der Waals surface area contributed by atoms with Crippen molar-refractivity contribution in [3.05, 3.63) is 29.8 Å². The molecule has 0 aliphatic carbocycles. The molecule has 1 aromatic carbocycles. The van der Waals surface area contributed by atoms with Gasteiger partial charge in [-0.15, -0.1) is 0 Å². The molecule has 0 radical (unpaired) electrons. The third-order valence-electron chi connectivity index (χ3n) is 3.45. The minimum atomic E-state index is -4.55. The molecular weight excluding hydrogens is 339 g/mol. The topological polar surface area (TPSA) is 83.9 Å². The summed E-state index contributed by atoms with van der Waals surface area (Å²) in [6.07, 6.45) is -5.93. The Labute approximate surface area is 130 Å². The Kier molecular flexibility index (Phi) is 4.85. The van der Waals surface area contributed by atoms with Crippen molar-refractivity contribution in [2.24, 2.45) is 0 Å². The highest BCUT2D eigenvalue weighted by atomic mass is 32.2. The Morgan fingerprint density at radius 1 is 1.17 bits per heavy atom. The lowest BCUT2D eigenvalue weighted by Crippen LogP contribution is -2.40. The minimum Gasteiger partial charge on any atom is -0.465 e. The molecular formula is C13H14F3NO5S. The van der Waals surface area contributed by atoms with Crippen molar-refractivity contribution in [3.63, 3.8) is 0 Å². The molecule has 10 heteroatoms. The predicted octanol–water partition coefficient (Wildman–Crippen LogP) is 2.55. The van der Waals surface area contributed by atoms with Gasteiger partial charge in [-0.3, -0.25) is 4.18 Å².